The van der Waals surface area contributed by atoms with Crippen molar-refractivity contribution in [3.63, 3.8) is 0 Å². The van der Waals surface area contributed by atoms with Gasteiger partial charge >= 0.3 is 18.2 Å². The Morgan fingerprint density at radius 2 is 2.00 bits per heavy atom. The maximum absolute atomic E-state index is 13.7. The van der Waals surface area contributed by atoms with E-state index in [9.17, 15) is 27.0 Å². The molecule has 13 heteroatoms. The van der Waals surface area contributed by atoms with Crippen molar-refractivity contribution in [1.29, 1.82) is 0 Å². The summed E-state index contributed by atoms with van der Waals surface area (Å²) in [6.45, 7) is 0.487. The molecule has 0 spiro atoms. The molecule has 0 saturated carbocycles. The smallest absolute Gasteiger partial charge is 0.422 e. The van der Waals surface area contributed by atoms with E-state index in [1.807, 2.05) is 0 Å². The van der Waals surface area contributed by atoms with Crippen LogP contribution in [0.3, 0.4) is 0 Å². The number of likely N-dealkylation sites (tertiary alicyclic amines) is 1. The van der Waals surface area contributed by atoms with Crippen LogP contribution >= 0.6 is 0 Å². The average molecular weight is 539 g/mol. The number of carbonyl (C=O) groups excluding carboxylic acids is 1. The summed E-state index contributed by atoms with van der Waals surface area (Å²) in [5.41, 5.74) is 1.46. The lowest BCUT2D eigenvalue weighted by Gasteiger charge is -2.25. The normalized spacial score (nSPS) is 16.8. The van der Waals surface area contributed by atoms with Gasteiger partial charge in [-0.25, -0.2) is 14.3 Å². The maximum atomic E-state index is 13.7. The third kappa shape index (κ3) is 6.09. The fraction of sp³-hybridized carbons (Fsp3) is 0.417. The first-order chi connectivity index (χ1) is 17.5. The number of carboxylic acids is 1. The molecule has 37 heavy (non-hydrogen) atoms. The average Bonchev–Trinajstić information content (AvgIpc) is 3.47. The molecule has 198 valence electrons. The highest BCUT2D eigenvalue weighted by molar-refractivity contribution is 7.84. The zero-order valence-electron chi connectivity index (χ0n) is 19.9. The minimum atomic E-state index is -4.51. The molecular formula is C24H25F3N4O5S. The van der Waals surface area contributed by atoms with Gasteiger partial charge in [0.15, 0.2) is 6.61 Å². The van der Waals surface area contributed by atoms with Gasteiger partial charge in [0.25, 0.3) is 0 Å². The molecule has 1 aliphatic heterocycles. The second kappa shape index (κ2) is 10.9. The van der Waals surface area contributed by atoms with Crippen LogP contribution in [0.4, 0.5) is 18.0 Å². The monoisotopic (exact) mass is 538 g/mol. The van der Waals surface area contributed by atoms with Gasteiger partial charge in [0.05, 0.1) is 33.3 Å². The quantitative estimate of drug-likeness (QED) is 0.455. The van der Waals surface area contributed by atoms with Crippen LogP contribution < -0.4 is 4.74 Å². The van der Waals surface area contributed by atoms with E-state index in [4.69, 9.17) is 9.84 Å². The number of fused-ring (bicyclic) bond motifs is 1. The summed E-state index contributed by atoms with van der Waals surface area (Å²) in [6.07, 6.45) is -1.62. The number of aliphatic carboxylic acids is 1. The molecule has 3 heterocycles. The Kier molecular flexibility index (Phi) is 7.81. The number of alkyl halides is 3. The van der Waals surface area contributed by atoms with E-state index in [0.717, 1.165) is 6.42 Å². The Labute approximate surface area is 212 Å². The van der Waals surface area contributed by atoms with E-state index >= 15 is 0 Å². The van der Waals surface area contributed by atoms with Crippen LogP contribution in [0.15, 0.2) is 41.7 Å². The predicted molar refractivity (Wildman–Crippen MR) is 128 cm³/mol. The van der Waals surface area contributed by atoms with E-state index in [-0.39, 0.29) is 34.8 Å². The Morgan fingerprint density at radius 3 is 2.73 bits per heavy atom. The number of aromatic nitrogens is 3. The third-order valence-electron chi connectivity index (χ3n) is 6.16. The Hall–Kier alpha value is -3.48. The van der Waals surface area contributed by atoms with Crippen LogP contribution in [0.1, 0.15) is 36.9 Å². The summed E-state index contributed by atoms with van der Waals surface area (Å²) in [5.74, 6) is -1.17. The molecule has 0 bridgehead atoms. The van der Waals surface area contributed by atoms with Crippen LogP contribution in [0.5, 0.6) is 5.75 Å². The van der Waals surface area contributed by atoms with Gasteiger partial charge < -0.3 is 14.7 Å². The highest BCUT2D eigenvalue weighted by Crippen LogP contribution is 2.28. The maximum Gasteiger partial charge on any atom is 0.422 e. The molecule has 1 aliphatic rings. The van der Waals surface area contributed by atoms with Gasteiger partial charge in [0.1, 0.15) is 5.75 Å². The fourth-order valence-corrected chi connectivity index (χ4v) is 5.61. The molecule has 1 aromatic carbocycles. The number of ether oxygens (including phenoxy) is 1. The van der Waals surface area contributed by atoms with Gasteiger partial charge in [-0.1, -0.05) is 12.1 Å². The summed E-state index contributed by atoms with van der Waals surface area (Å²) in [5, 5.41) is 9.05. The summed E-state index contributed by atoms with van der Waals surface area (Å²) in [6, 6.07) is 7.40. The van der Waals surface area contributed by atoms with Crippen molar-refractivity contribution in [3.05, 3.63) is 47.8 Å². The summed E-state index contributed by atoms with van der Waals surface area (Å²) >= 11 is 0. The summed E-state index contributed by atoms with van der Waals surface area (Å²) in [4.78, 5) is 34.9. The van der Waals surface area contributed by atoms with Crippen molar-refractivity contribution in [2.75, 3.05) is 13.2 Å². The van der Waals surface area contributed by atoms with Crippen molar-refractivity contribution < 1.29 is 36.8 Å². The molecule has 3 aromatic rings. The van der Waals surface area contributed by atoms with Gasteiger partial charge in [-0.2, -0.15) is 13.2 Å². The number of hydrogen-bond donors (Lipinski definition) is 1. The largest absolute Gasteiger partial charge is 0.484 e. The minimum Gasteiger partial charge on any atom is -0.484 e. The molecule has 1 N–H and O–H groups in total. The van der Waals surface area contributed by atoms with Crippen molar-refractivity contribution in [2.45, 2.75) is 55.7 Å². The van der Waals surface area contributed by atoms with E-state index in [1.165, 1.54) is 23.8 Å². The molecule has 2 aromatic heterocycles. The number of carbonyl (C=O) groups is 2. The number of hydrogen-bond acceptors (Lipinski definition) is 6. The first-order valence-corrected chi connectivity index (χ1v) is 12.9. The van der Waals surface area contributed by atoms with E-state index in [1.54, 1.807) is 29.2 Å². The fourth-order valence-electron chi connectivity index (χ4n) is 4.36. The first kappa shape index (κ1) is 26.6. The molecule has 0 unspecified atom stereocenters. The molecular weight excluding hydrogens is 513 g/mol. The Balaban J connectivity index is 1.64. The van der Waals surface area contributed by atoms with E-state index in [0.29, 0.717) is 36.0 Å². The van der Waals surface area contributed by atoms with Crippen molar-refractivity contribution in [3.8, 4) is 5.75 Å². The number of amides is 1. The van der Waals surface area contributed by atoms with Crippen molar-refractivity contribution in [1.82, 2.24) is 19.4 Å². The lowest BCUT2D eigenvalue weighted by atomic mass is 10.1. The molecule has 9 nitrogen and oxygen atoms in total. The lowest BCUT2D eigenvalue weighted by Crippen LogP contribution is -2.39. The molecule has 1 saturated heterocycles. The van der Waals surface area contributed by atoms with Gasteiger partial charge in [-0.05, 0) is 44.4 Å². The van der Waals surface area contributed by atoms with Gasteiger partial charge in [-0.15, -0.1) is 0 Å². The molecule has 0 aliphatic carbocycles. The van der Waals surface area contributed by atoms with E-state index in [2.05, 4.69) is 9.97 Å². The number of benzene rings is 1. The number of para-hydroxylation sites is 2. The minimum absolute atomic E-state index is 0.0158. The van der Waals surface area contributed by atoms with E-state index < -0.39 is 35.6 Å². The number of imidazole rings is 1. The van der Waals surface area contributed by atoms with Crippen LogP contribution in [0.25, 0.3) is 11.0 Å². The second-order valence-electron chi connectivity index (χ2n) is 8.70. The van der Waals surface area contributed by atoms with Crippen LogP contribution in [-0.4, -0.2) is 66.1 Å². The van der Waals surface area contributed by atoms with Gasteiger partial charge in [0, 0.05) is 30.8 Å². The molecule has 2 atom stereocenters. The van der Waals surface area contributed by atoms with Gasteiger partial charge in [-0.3, -0.25) is 14.0 Å². The number of carboxylic acid groups (broad SMARTS) is 1. The summed E-state index contributed by atoms with van der Waals surface area (Å²) in [7, 11) is -1.89. The van der Waals surface area contributed by atoms with Crippen LogP contribution in [-0.2, 0) is 21.3 Å². The molecule has 1 fully saturated rings. The molecule has 4 rings (SSSR count). The van der Waals surface area contributed by atoms with Crippen LogP contribution in [0.2, 0.25) is 0 Å². The van der Waals surface area contributed by atoms with Crippen molar-refractivity contribution >= 4 is 33.8 Å². The summed E-state index contributed by atoms with van der Waals surface area (Å²) < 4.78 is 57.5. The number of halogens is 3. The molecule has 1 amide bonds. The second-order valence-corrected chi connectivity index (χ2v) is 10.0. The molecule has 0 radical (unpaired) electrons. The zero-order valence-corrected chi connectivity index (χ0v) is 20.7. The first-order valence-electron chi connectivity index (χ1n) is 11.6. The number of nitrogens with zero attached hydrogens (tertiary/aromatic N) is 4. The SMILES string of the molecule is Cc1c(OCC(F)(F)F)ccnc1C[S@@](=O)c1nc2ccccc2n1C(=O)N1CCC[C@H]1CCC(=O)O. The topological polar surface area (TPSA) is 115 Å². The number of pyridine rings is 1. The standard InChI is InChI=1S/C24H25F3N4O5S/c1-15-18(28-11-10-20(15)36-14-24(25,26)27)13-37(35)22-29-17-6-2-3-7-19(17)31(22)23(34)30-12-4-5-16(30)8-9-21(32)33/h2-3,6-7,10-11,16H,4-5,8-9,12-14H2,1H3,(H,32,33)/t16-,37+/m0/s1. The lowest BCUT2D eigenvalue weighted by molar-refractivity contribution is -0.153. The number of rotatable bonds is 8. The highest BCUT2D eigenvalue weighted by Gasteiger charge is 2.33. The predicted octanol–water partition coefficient (Wildman–Crippen LogP) is 4.29. The third-order valence-corrected chi connectivity index (χ3v) is 7.37. The zero-order chi connectivity index (χ0) is 26.7. The van der Waals surface area contributed by atoms with Crippen molar-refractivity contribution in [2.24, 2.45) is 0 Å². The Bertz CT molecular complexity index is 1340. The highest BCUT2D eigenvalue weighted by atomic mass is 32.2. The Morgan fingerprint density at radius 1 is 1.24 bits per heavy atom. The van der Waals surface area contributed by atoms with Crippen LogP contribution in [0, 0.1) is 6.92 Å². The van der Waals surface area contributed by atoms with Gasteiger partial charge in [0.2, 0.25) is 5.16 Å².